The summed E-state index contributed by atoms with van der Waals surface area (Å²) >= 11 is 3.65. The minimum Gasteiger partial charge on any atom is -0.246 e. The number of aromatic nitrogens is 1. The SMILES string of the molecule is Cc1ccc(-c2cc(-c3ccccc3Br)c(C#N)c(-c3ccc(C)cc3)n2)cc1. The third kappa shape index (κ3) is 3.85. The maximum absolute atomic E-state index is 10.1. The maximum atomic E-state index is 10.1. The summed E-state index contributed by atoms with van der Waals surface area (Å²) < 4.78 is 0.951. The van der Waals surface area contributed by atoms with Crippen molar-refractivity contribution < 1.29 is 0 Å². The van der Waals surface area contributed by atoms with E-state index in [9.17, 15) is 5.26 Å². The van der Waals surface area contributed by atoms with Crippen molar-refractivity contribution in [2.45, 2.75) is 13.8 Å². The van der Waals surface area contributed by atoms with Gasteiger partial charge in [-0.3, -0.25) is 0 Å². The Morgan fingerprint density at radius 1 is 0.759 bits per heavy atom. The first-order chi connectivity index (χ1) is 14.1. The fourth-order valence-corrected chi connectivity index (χ4v) is 3.84. The predicted octanol–water partition coefficient (Wildman–Crippen LogP) is 7.33. The lowest BCUT2D eigenvalue weighted by molar-refractivity contribution is 1.29. The van der Waals surface area contributed by atoms with Crippen molar-refractivity contribution in [3.8, 4) is 39.7 Å². The van der Waals surface area contributed by atoms with Crippen LogP contribution in [-0.2, 0) is 0 Å². The number of benzene rings is 3. The molecule has 2 nitrogen and oxygen atoms in total. The number of aryl methyl sites for hydroxylation is 2. The third-order valence-corrected chi connectivity index (χ3v) is 5.66. The molecule has 0 atom stereocenters. The molecule has 4 aromatic rings. The average molecular weight is 439 g/mol. The Morgan fingerprint density at radius 3 is 1.93 bits per heavy atom. The summed E-state index contributed by atoms with van der Waals surface area (Å²) in [6.07, 6.45) is 0. The quantitative estimate of drug-likeness (QED) is 0.335. The first-order valence-electron chi connectivity index (χ1n) is 9.41. The summed E-state index contributed by atoms with van der Waals surface area (Å²) in [5.41, 5.74) is 8.34. The smallest absolute Gasteiger partial charge is 0.102 e. The van der Waals surface area contributed by atoms with E-state index < -0.39 is 0 Å². The van der Waals surface area contributed by atoms with E-state index in [4.69, 9.17) is 4.98 Å². The van der Waals surface area contributed by atoms with Crippen LogP contribution in [0.3, 0.4) is 0 Å². The van der Waals surface area contributed by atoms with Crippen LogP contribution in [0.5, 0.6) is 0 Å². The van der Waals surface area contributed by atoms with E-state index in [1.165, 1.54) is 11.1 Å². The van der Waals surface area contributed by atoms with Crippen LogP contribution in [0.25, 0.3) is 33.6 Å². The number of nitriles is 1. The summed E-state index contributed by atoms with van der Waals surface area (Å²) in [6.45, 7) is 4.12. The number of nitrogens with zero attached hydrogens (tertiary/aromatic N) is 2. The molecule has 0 aliphatic heterocycles. The van der Waals surface area contributed by atoms with E-state index in [0.29, 0.717) is 11.3 Å². The van der Waals surface area contributed by atoms with Gasteiger partial charge in [0, 0.05) is 21.2 Å². The van der Waals surface area contributed by atoms with Crippen LogP contribution in [0.4, 0.5) is 0 Å². The number of pyridine rings is 1. The van der Waals surface area contributed by atoms with Crippen molar-refractivity contribution in [1.82, 2.24) is 4.98 Å². The van der Waals surface area contributed by atoms with Gasteiger partial charge in [0.15, 0.2) is 0 Å². The molecule has 0 amide bonds. The van der Waals surface area contributed by atoms with Crippen LogP contribution in [0.15, 0.2) is 83.3 Å². The largest absolute Gasteiger partial charge is 0.246 e. The molecule has 3 aromatic carbocycles. The molecule has 0 spiro atoms. The molecule has 1 aromatic heterocycles. The monoisotopic (exact) mass is 438 g/mol. The summed E-state index contributed by atoms with van der Waals surface area (Å²) in [5, 5.41) is 10.1. The minimum absolute atomic E-state index is 0.580. The van der Waals surface area contributed by atoms with Crippen molar-refractivity contribution in [1.29, 1.82) is 5.26 Å². The second-order valence-electron chi connectivity index (χ2n) is 7.10. The van der Waals surface area contributed by atoms with Gasteiger partial charge in [-0.1, -0.05) is 93.8 Å². The lowest BCUT2D eigenvalue weighted by Crippen LogP contribution is -1.97. The first kappa shape index (κ1) is 19.1. The van der Waals surface area contributed by atoms with E-state index in [0.717, 1.165) is 32.4 Å². The molecule has 4 rings (SSSR count). The third-order valence-electron chi connectivity index (χ3n) is 4.97. The molecular formula is C26H19BrN2. The van der Waals surface area contributed by atoms with Crippen LogP contribution in [0.2, 0.25) is 0 Å². The Labute approximate surface area is 179 Å². The second-order valence-corrected chi connectivity index (χ2v) is 7.96. The van der Waals surface area contributed by atoms with Gasteiger partial charge in [0.2, 0.25) is 0 Å². The number of halogens is 1. The summed E-state index contributed by atoms with van der Waals surface area (Å²) in [4.78, 5) is 4.92. The van der Waals surface area contributed by atoms with Crippen molar-refractivity contribution in [3.05, 3.63) is 100 Å². The fraction of sp³-hybridized carbons (Fsp3) is 0.0769. The van der Waals surface area contributed by atoms with Gasteiger partial charge in [0.1, 0.15) is 6.07 Å². The second kappa shape index (κ2) is 8.03. The van der Waals surface area contributed by atoms with Crippen LogP contribution in [0.1, 0.15) is 16.7 Å². The summed E-state index contributed by atoms with van der Waals surface area (Å²) in [7, 11) is 0. The van der Waals surface area contributed by atoms with Gasteiger partial charge in [0.25, 0.3) is 0 Å². The van der Waals surface area contributed by atoms with E-state index in [1.807, 2.05) is 42.5 Å². The number of hydrogen-bond acceptors (Lipinski definition) is 2. The standard InChI is InChI=1S/C26H19BrN2/c1-17-7-11-19(12-8-17)25-15-22(21-5-3-4-6-24(21)27)23(16-28)26(29-25)20-13-9-18(2)10-14-20/h3-15H,1-2H3. The minimum atomic E-state index is 0.580. The van der Waals surface area contributed by atoms with E-state index in [1.54, 1.807) is 0 Å². The van der Waals surface area contributed by atoms with Crippen LogP contribution < -0.4 is 0 Å². The highest BCUT2D eigenvalue weighted by atomic mass is 79.9. The molecule has 3 heteroatoms. The van der Waals surface area contributed by atoms with Crippen molar-refractivity contribution in [3.63, 3.8) is 0 Å². The predicted molar refractivity (Wildman–Crippen MR) is 122 cm³/mol. The van der Waals surface area contributed by atoms with Gasteiger partial charge < -0.3 is 0 Å². The topological polar surface area (TPSA) is 36.7 Å². The molecule has 0 unspecified atom stereocenters. The summed E-state index contributed by atoms with van der Waals surface area (Å²) in [6, 6.07) is 28.9. The lowest BCUT2D eigenvalue weighted by atomic mass is 9.94. The van der Waals surface area contributed by atoms with E-state index >= 15 is 0 Å². The van der Waals surface area contributed by atoms with Gasteiger partial charge >= 0.3 is 0 Å². The molecule has 0 aliphatic carbocycles. The van der Waals surface area contributed by atoms with Crippen LogP contribution in [-0.4, -0.2) is 4.98 Å². The first-order valence-corrected chi connectivity index (χ1v) is 10.2. The lowest BCUT2D eigenvalue weighted by Gasteiger charge is -2.14. The Hall–Kier alpha value is -3.22. The highest BCUT2D eigenvalue weighted by molar-refractivity contribution is 9.10. The van der Waals surface area contributed by atoms with Crippen LogP contribution >= 0.6 is 15.9 Å². The molecule has 29 heavy (non-hydrogen) atoms. The molecule has 0 saturated heterocycles. The van der Waals surface area contributed by atoms with Gasteiger partial charge in [-0.15, -0.1) is 0 Å². The molecule has 0 saturated carbocycles. The highest BCUT2D eigenvalue weighted by Gasteiger charge is 2.18. The zero-order valence-corrected chi connectivity index (χ0v) is 17.9. The normalized spacial score (nSPS) is 10.6. The molecule has 0 bridgehead atoms. The molecule has 0 radical (unpaired) electrons. The van der Waals surface area contributed by atoms with Crippen molar-refractivity contribution in [2.24, 2.45) is 0 Å². The van der Waals surface area contributed by atoms with E-state index in [2.05, 4.69) is 72.2 Å². The molecule has 0 aliphatic rings. The Bertz CT molecular complexity index is 1220. The maximum Gasteiger partial charge on any atom is 0.102 e. The number of hydrogen-bond donors (Lipinski definition) is 0. The van der Waals surface area contributed by atoms with Gasteiger partial charge in [-0.2, -0.15) is 5.26 Å². The zero-order valence-electron chi connectivity index (χ0n) is 16.3. The molecule has 140 valence electrons. The van der Waals surface area contributed by atoms with Crippen molar-refractivity contribution >= 4 is 15.9 Å². The zero-order chi connectivity index (χ0) is 20.4. The fourth-order valence-electron chi connectivity index (χ4n) is 3.34. The van der Waals surface area contributed by atoms with E-state index in [-0.39, 0.29) is 0 Å². The van der Waals surface area contributed by atoms with Gasteiger partial charge in [-0.05, 0) is 31.5 Å². The Balaban J connectivity index is 2.04. The summed E-state index contributed by atoms with van der Waals surface area (Å²) in [5.74, 6) is 0. The Kier molecular flexibility index (Phi) is 5.29. The molecule has 0 N–H and O–H groups in total. The molecule has 0 fully saturated rings. The van der Waals surface area contributed by atoms with Gasteiger partial charge in [-0.25, -0.2) is 4.98 Å². The average Bonchev–Trinajstić information content (AvgIpc) is 2.74. The van der Waals surface area contributed by atoms with Gasteiger partial charge in [0.05, 0.1) is 17.0 Å². The number of rotatable bonds is 3. The Morgan fingerprint density at radius 2 is 1.34 bits per heavy atom. The van der Waals surface area contributed by atoms with Crippen molar-refractivity contribution in [2.75, 3.05) is 0 Å². The van der Waals surface area contributed by atoms with Crippen LogP contribution in [0, 0.1) is 25.2 Å². The molecular weight excluding hydrogens is 420 g/mol. The highest BCUT2D eigenvalue weighted by Crippen LogP contribution is 2.37. The molecule has 1 heterocycles.